The maximum atomic E-state index is 14.8. The van der Waals surface area contributed by atoms with E-state index in [1.54, 1.807) is 0 Å². The van der Waals surface area contributed by atoms with E-state index in [4.69, 9.17) is 16.3 Å². The van der Waals surface area contributed by atoms with Crippen LogP contribution >= 0.6 is 11.6 Å². The van der Waals surface area contributed by atoms with E-state index in [-0.39, 0.29) is 35.8 Å². The Morgan fingerprint density at radius 2 is 1.80 bits per heavy atom. The minimum absolute atomic E-state index is 0.00405. The minimum Gasteiger partial charge on any atom is -0.449 e. The number of halogens is 3. The molecule has 30 heavy (non-hydrogen) atoms. The first-order chi connectivity index (χ1) is 14.2. The molecule has 0 saturated heterocycles. The van der Waals surface area contributed by atoms with E-state index in [0.29, 0.717) is 17.9 Å². The Labute approximate surface area is 179 Å². The fourth-order valence-corrected chi connectivity index (χ4v) is 6.24. The van der Waals surface area contributed by atoms with Crippen LogP contribution in [-0.4, -0.2) is 28.2 Å². The molecule has 0 aliphatic heterocycles. The standard InChI is InChI=1S/C21H22ClF2NO4S/c1-25-20(26)29-13-14-8-10-21(11-9-14,18-12-16(23)4-7-19(18)24)30(27,28)17-5-2-15(22)3-6-17/h2-7,12,14H,8-11,13H2,1H3,(H,25,26). The number of carbonyl (C=O) groups is 1. The Morgan fingerprint density at radius 3 is 2.40 bits per heavy atom. The van der Waals surface area contributed by atoms with Gasteiger partial charge in [-0.15, -0.1) is 0 Å². The van der Waals surface area contributed by atoms with Crippen molar-refractivity contribution in [3.63, 3.8) is 0 Å². The van der Waals surface area contributed by atoms with Crippen molar-refractivity contribution in [3.8, 4) is 0 Å². The molecule has 0 heterocycles. The molecule has 0 bridgehead atoms. The first-order valence-electron chi connectivity index (χ1n) is 9.50. The van der Waals surface area contributed by atoms with Crippen LogP contribution in [0, 0.1) is 17.6 Å². The largest absolute Gasteiger partial charge is 0.449 e. The number of ether oxygens (including phenoxy) is 1. The van der Waals surface area contributed by atoms with Crippen LogP contribution < -0.4 is 5.32 Å². The molecule has 1 saturated carbocycles. The third-order valence-corrected chi connectivity index (χ3v) is 8.43. The molecule has 0 atom stereocenters. The summed E-state index contributed by atoms with van der Waals surface area (Å²) in [6, 6.07) is 8.52. The Bertz CT molecular complexity index is 1020. The van der Waals surface area contributed by atoms with Crippen molar-refractivity contribution in [1.29, 1.82) is 0 Å². The molecule has 1 aliphatic carbocycles. The van der Waals surface area contributed by atoms with Crippen molar-refractivity contribution in [2.24, 2.45) is 5.92 Å². The summed E-state index contributed by atoms with van der Waals surface area (Å²) in [5.41, 5.74) is -0.178. The Hall–Kier alpha value is -2.19. The topological polar surface area (TPSA) is 72.5 Å². The van der Waals surface area contributed by atoms with Crippen LogP contribution in [0.3, 0.4) is 0 Å². The average molecular weight is 458 g/mol. The molecule has 5 nitrogen and oxygen atoms in total. The summed E-state index contributed by atoms with van der Waals surface area (Å²) in [6.07, 6.45) is 0.316. The van der Waals surface area contributed by atoms with Crippen LogP contribution in [0.2, 0.25) is 5.02 Å². The van der Waals surface area contributed by atoms with Crippen LogP contribution in [-0.2, 0) is 19.3 Å². The lowest BCUT2D eigenvalue weighted by Crippen LogP contribution is -2.41. The van der Waals surface area contributed by atoms with Gasteiger partial charge >= 0.3 is 6.09 Å². The summed E-state index contributed by atoms with van der Waals surface area (Å²) in [5.74, 6) is -1.55. The number of nitrogens with one attached hydrogen (secondary N) is 1. The number of rotatable bonds is 5. The van der Waals surface area contributed by atoms with Crippen molar-refractivity contribution in [3.05, 3.63) is 64.7 Å². The Morgan fingerprint density at radius 1 is 1.17 bits per heavy atom. The van der Waals surface area contributed by atoms with Crippen molar-refractivity contribution in [1.82, 2.24) is 5.32 Å². The molecular weight excluding hydrogens is 436 g/mol. The number of amides is 1. The molecule has 0 aromatic heterocycles. The summed E-state index contributed by atoms with van der Waals surface area (Å²) >= 11 is 5.89. The van der Waals surface area contributed by atoms with Gasteiger partial charge < -0.3 is 10.1 Å². The molecule has 0 spiro atoms. The highest BCUT2D eigenvalue weighted by Crippen LogP contribution is 2.49. The van der Waals surface area contributed by atoms with Gasteiger partial charge in [0.25, 0.3) is 0 Å². The van der Waals surface area contributed by atoms with Gasteiger partial charge in [-0.05, 0) is 74.1 Å². The normalized spacial score (nSPS) is 21.8. The third-order valence-electron chi connectivity index (χ3n) is 5.62. The van der Waals surface area contributed by atoms with E-state index in [0.717, 1.165) is 18.2 Å². The molecule has 1 N–H and O–H groups in total. The molecule has 1 amide bonds. The lowest BCUT2D eigenvalue weighted by Gasteiger charge is -2.40. The lowest BCUT2D eigenvalue weighted by atomic mass is 9.78. The fourth-order valence-electron chi connectivity index (χ4n) is 3.95. The minimum atomic E-state index is -4.08. The zero-order valence-electron chi connectivity index (χ0n) is 16.3. The summed E-state index contributed by atoms with van der Waals surface area (Å²) in [4.78, 5) is 11.3. The first-order valence-corrected chi connectivity index (χ1v) is 11.4. The van der Waals surface area contributed by atoms with Crippen molar-refractivity contribution < 1.29 is 26.7 Å². The number of carbonyl (C=O) groups excluding carboxylic acids is 1. The number of hydrogen-bond donors (Lipinski definition) is 1. The molecule has 1 aliphatic rings. The number of benzene rings is 2. The van der Waals surface area contributed by atoms with Crippen LogP contribution in [0.15, 0.2) is 47.4 Å². The van der Waals surface area contributed by atoms with E-state index >= 15 is 0 Å². The summed E-state index contributed by atoms with van der Waals surface area (Å²) in [6.45, 7) is 0.127. The highest BCUT2D eigenvalue weighted by molar-refractivity contribution is 7.92. The Kier molecular flexibility index (Phi) is 6.67. The van der Waals surface area contributed by atoms with Gasteiger partial charge in [0.15, 0.2) is 9.84 Å². The van der Waals surface area contributed by atoms with Gasteiger partial charge in [0, 0.05) is 17.6 Å². The second-order valence-electron chi connectivity index (χ2n) is 7.37. The number of alkyl carbamates (subject to hydrolysis) is 1. The van der Waals surface area contributed by atoms with Gasteiger partial charge in [0.2, 0.25) is 0 Å². The second-order valence-corrected chi connectivity index (χ2v) is 10.1. The smallest absolute Gasteiger partial charge is 0.406 e. The van der Waals surface area contributed by atoms with Crippen LogP contribution in [0.5, 0.6) is 0 Å². The summed E-state index contributed by atoms with van der Waals surface area (Å²) in [7, 11) is -2.63. The van der Waals surface area contributed by atoms with Crippen LogP contribution in [0.4, 0.5) is 13.6 Å². The predicted molar refractivity (Wildman–Crippen MR) is 109 cm³/mol. The van der Waals surface area contributed by atoms with E-state index in [1.807, 2.05) is 0 Å². The zero-order valence-corrected chi connectivity index (χ0v) is 17.9. The van der Waals surface area contributed by atoms with Gasteiger partial charge in [-0.2, -0.15) is 0 Å². The summed E-state index contributed by atoms with van der Waals surface area (Å²) in [5, 5.41) is 2.72. The second kappa shape index (κ2) is 8.89. The van der Waals surface area contributed by atoms with Gasteiger partial charge in [-0.3, -0.25) is 0 Å². The van der Waals surface area contributed by atoms with Crippen molar-refractivity contribution in [2.45, 2.75) is 35.3 Å². The molecule has 0 unspecified atom stereocenters. The molecule has 162 valence electrons. The van der Waals surface area contributed by atoms with Gasteiger partial charge in [0.1, 0.15) is 16.4 Å². The average Bonchev–Trinajstić information content (AvgIpc) is 2.74. The van der Waals surface area contributed by atoms with Gasteiger partial charge in [-0.1, -0.05) is 11.6 Å². The molecule has 0 radical (unpaired) electrons. The molecule has 2 aromatic carbocycles. The van der Waals surface area contributed by atoms with E-state index in [2.05, 4.69) is 5.32 Å². The molecule has 9 heteroatoms. The monoisotopic (exact) mass is 457 g/mol. The van der Waals surface area contributed by atoms with Crippen molar-refractivity contribution >= 4 is 27.5 Å². The first kappa shape index (κ1) is 22.5. The summed E-state index contributed by atoms with van der Waals surface area (Å²) < 4.78 is 59.6. The molecule has 1 fully saturated rings. The Balaban J connectivity index is 2.00. The van der Waals surface area contributed by atoms with Crippen LogP contribution in [0.1, 0.15) is 31.2 Å². The SMILES string of the molecule is CNC(=O)OCC1CCC(c2cc(F)ccc2F)(S(=O)(=O)c2ccc(Cl)cc2)CC1. The third kappa shape index (κ3) is 4.30. The quantitative estimate of drug-likeness (QED) is 0.697. The lowest BCUT2D eigenvalue weighted by molar-refractivity contribution is 0.112. The fraction of sp³-hybridized carbons (Fsp3) is 0.381. The van der Waals surface area contributed by atoms with Crippen LogP contribution in [0.25, 0.3) is 0 Å². The van der Waals surface area contributed by atoms with E-state index < -0.39 is 32.3 Å². The molecule has 2 aromatic rings. The highest BCUT2D eigenvalue weighted by Gasteiger charge is 2.50. The van der Waals surface area contributed by atoms with Gasteiger partial charge in [-0.25, -0.2) is 22.0 Å². The maximum Gasteiger partial charge on any atom is 0.406 e. The predicted octanol–water partition coefficient (Wildman–Crippen LogP) is 4.83. The van der Waals surface area contributed by atoms with E-state index in [1.165, 1.54) is 31.3 Å². The van der Waals surface area contributed by atoms with Gasteiger partial charge in [0.05, 0.1) is 11.5 Å². The zero-order chi connectivity index (χ0) is 21.9. The van der Waals surface area contributed by atoms with Crippen molar-refractivity contribution in [2.75, 3.05) is 13.7 Å². The maximum absolute atomic E-state index is 14.8. The number of sulfone groups is 1. The number of hydrogen-bond acceptors (Lipinski definition) is 4. The molecular formula is C21H22ClF2NO4S. The van der Waals surface area contributed by atoms with E-state index in [9.17, 15) is 22.0 Å². The molecule has 3 rings (SSSR count). The highest BCUT2D eigenvalue weighted by atomic mass is 35.5.